The predicted octanol–water partition coefficient (Wildman–Crippen LogP) is 4.22. The summed E-state index contributed by atoms with van der Waals surface area (Å²) in [7, 11) is -1.92. The van der Waals surface area contributed by atoms with Crippen molar-refractivity contribution in [2.75, 3.05) is 22.4 Å². The molecule has 0 heterocycles. The summed E-state index contributed by atoms with van der Waals surface area (Å²) in [6.45, 7) is 3.47. The largest absolute Gasteiger partial charge is 0.345 e. The van der Waals surface area contributed by atoms with E-state index < -0.39 is 15.9 Å². The molecule has 0 saturated heterocycles. The zero-order valence-electron chi connectivity index (χ0n) is 18.8. The van der Waals surface area contributed by atoms with Gasteiger partial charge in [0.2, 0.25) is 10.0 Å². The van der Waals surface area contributed by atoms with Crippen molar-refractivity contribution < 1.29 is 18.0 Å². The van der Waals surface area contributed by atoms with Crippen LogP contribution in [0.5, 0.6) is 0 Å². The van der Waals surface area contributed by atoms with Crippen molar-refractivity contribution in [2.45, 2.75) is 19.9 Å². The molecule has 3 aromatic rings. The number of hydrogen-bond acceptors (Lipinski definition) is 4. The monoisotopic (exact) mass is 465 g/mol. The van der Waals surface area contributed by atoms with Gasteiger partial charge in [0.25, 0.3) is 11.8 Å². The molecular formula is C25H27N3O4S. The molecule has 0 aliphatic heterocycles. The Labute approximate surface area is 194 Å². The summed E-state index contributed by atoms with van der Waals surface area (Å²) in [5.41, 5.74) is 2.51. The highest BCUT2D eigenvalue weighted by Crippen LogP contribution is 2.21. The van der Waals surface area contributed by atoms with E-state index in [1.165, 1.54) is 11.4 Å². The van der Waals surface area contributed by atoms with Crippen LogP contribution < -0.4 is 14.9 Å². The number of amides is 2. The van der Waals surface area contributed by atoms with Crippen LogP contribution in [0.1, 0.15) is 46.2 Å². The highest BCUT2D eigenvalue weighted by atomic mass is 32.2. The van der Waals surface area contributed by atoms with E-state index in [1.54, 1.807) is 55.5 Å². The molecular weight excluding hydrogens is 438 g/mol. The van der Waals surface area contributed by atoms with Crippen molar-refractivity contribution in [3.63, 3.8) is 0 Å². The number of benzene rings is 3. The quantitative estimate of drug-likeness (QED) is 0.521. The Morgan fingerprint density at radius 2 is 1.48 bits per heavy atom. The Hall–Kier alpha value is -3.65. The number of hydrogen-bond donors (Lipinski definition) is 2. The summed E-state index contributed by atoms with van der Waals surface area (Å²) in [6.07, 6.45) is 0. The van der Waals surface area contributed by atoms with Crippen molar-refractivity contribution in [2.24, 2.45) is 0 Å². The topological polar surface area (TPSA) is 95.6 Å². The van der Waals surface area contributed by atoms with Crippen LogP contribution in [0, 0.1) is 0 Å². The van der Waals surface area contributed by atoms with E-state index in [2.05, 4.69) is 10.6 Å². The van der Waals surface area contributed by atoms with Gasteiger partial charge in [-0.3, -0.25) is 13.9 Å². The molecule has 0 aromatic heterocycles. The fourth-order valence-corrected chi connectivity index (χ4v) is 4.09. The van der Waals surface area contributed by atoms with E-state index in [1.807, 2.05) is 37.3 Å². The molecule has 0 unspecified atom stereocenters. The molecule has 0 aliphatic rings. The summed E-state index contributed by atoms with van der Waals surface area (Å²) in [6, 6.07) is 22.4. The highest BCUT2D eigenvalue weighted by Gasteiger charge is 2.18. The lowest BCUT2D eigenvalue weighted by Gasteiger charge is -2.18. The van der Waals surface area contributed by atoms with Gasteiger partial charge in [0, 0.05) is 12.6 Å². The molecule has 3 aromatic carbocycles. The standard InChI is InChI=1S/C25H27N3O4S/c1-4-33(31,32)28(3)21-16-14-20(15-17-21)24(29)27-23-13-9-8-12-22(23)25(30)26-18(2)19-10-6-5-7-11-19/h5-18H,4H2,1-3H3,(H,26,30)(H,27,29)/t18-/m0/s1. The molecule has 0 fully saturated rings. The van der Waals surface area contributed by atoms with Gasteiger partial charge in [-0.25, -0.2) is 8.42 Å². The third-order valence-corrected chi connectivity index (χ3v) is 7.12. The molecule has 2 amide bonds. The molecule has 0 radical (unpaired) electrons. The lowest BCUT2D eigenvalue weighted by molar-refractivity contribution is 0.0940. The average molecular weight is 466 g/mol. The van der Waals surface area contributed by atoms with Gasteiger partial charge in [0.05, 0.1) is 28.7 Å². The smallest absolute Gasteiger partial charge is 0.255 e. The molecule has 33 heavy (non-hydrogen) atoms. The normalized spacial score (nSPS) is 12.0. The second-order valence-electron chi connectivity index (χ2n) is 7.52. The fraction of sp³-hybridized carbons (Fsp3) is 0.200. The maximum Gasteiger partial charge on any atom is 0.255 e. The SMILES string of the molecule is CCS(=O)(=O)N(C)c1ccc(C(=O)Nc2ccccc2C(=O)N[C@@H](C)c2ccccc2)cc1. The Morgan fingerprint density at radius 1 is 0.879 bits per heavy atom. The minimum absolute atomic E-state index is 0.0204. The lowest BCUT2D eigenvalue weighted by Crippen LogP contribution is -2.28. The summed E-state index contributed by atoms with van der Waals surface area (Å²) in [5.74, 6) is -0.726. The van der Waals surface area contributed by atoms with Crippen LogP contribution in [0.25, 0.3) is 0 Å². The molecule has 3 rings (SSSR count). The summed E-state index contributed by atoms with van der Waals surface area (Å²) in [5, 5.41) is 5.73. The maximum atomic E-state index is 12.9. The van der Waals surface area contributed by atoms with Crippen LogP contribution in [0.2, 0.25) is 0 Å². The Bertz CT molecular complexity index is 1230. The first-order valence-corrected chi connectivity index (χ1v) is 12.2. The van der Waals surface area contributed by atoms with Crippen molar-refractivity contribution in [3.05, 3.63) is 95.6 Å². The van der Waals surface area contributed by atoms with E-state index in [-0.39, 0.29) is 17.7 Å². The first-order valence-electron chi connectivity index (χ1n) is 10.6. The highest BCUT2D eigenvalue weighted by molar-refractivity contribution is 7.92. The molecule has 0 spiro atoms. The van der Waals surface area contributed by atoms with E-state index in [9.17, 15) is 18.0 Å². The second-order valence-corrected chi connectivity index (χ2v) is 9.81. The predicted molar refractivity (Wildman–Crippen MR) is 131 cm³/mol. The van der Waals surface area contributed by atoms with Gasteiger partial charge in [-0.15, -0.1) is 0 Å². The summed E-state index contributed by atoms with van der Waals surface area (Å²) >= 11 is 0. The first kappa shape index (κ1) is 24.0. The number of nitrogens with one attached hydrogen (secondary N) is 2. The number of sulfonamides is 1. The molecule has 0 bridgehead atoms. The third-order valence-electron chi connectivity index (χ3n) is 5.34. The van der Waals surface area contributed by atoms with E-state index in [4.69, 9.17) is 0 Å². The van der Waals surface area contributed by atoms with E-state index in [0.717, 1.165) is 5.56 Å². The molecule has 0 saturated carbocycles. The molecule has 172 valence electrons. The molecule has 7 nitrogen and oxygen atoms in total. The van der Waals surface area contributed by atoms with Gasteiger partial charge in [0.15, 0.2) is 0 Å². The van der Waals surface area contributed by atoms with Crippen molar-refractivity contribution >= 4 is 33.2 Å². The zero-order chi connectivity index (χ0) is 24.0. The van der Waals surface area contributed by atoms with Crippen LogP contribution in [0.15, 0.2) is 78.9 Å². The number of carbonyl (C=O) groups is 2. The van der Waals surface area contributed by atoms with Crippen LogP contribution in [-0.2, 0) is 10.0 Å². The van der Waals surface area contributed by atoms with Gasteiger partial charge in [-0.2, -0.15) is 0 Å². The molecule has 1 atom stereocenters. The van der Waals surface area contributed by atoms with E-state index >= 15 is 0 Å². The second kappa shape index (κ2) is 10.3. The van der Waals surface area contributed by atoms with E-state index in [0.29, 0.717) is 22.5 Å². The summed E-state index contributed by atoms with van der Waals surface area (Å²) in [4.78, 5) is 25.7. The Balaban J connectivity index is 1.74. The lowest BCUT2D eigenvalue weighted by atomic mass is 10.1. The van der Waals surface area contributed by atoms with Crippen LogP contribution in [0.4, 0.5) is 11.4 Å². The Morgan fingerprint density at radius 3 is 2.12 bits per heavy atom. The minimum Gasteiger partial charge on any atom is -0.345 e. The maximum absolute atomic E-state index is 12.9. The number of para-hydroxylation sites is 1. The van der Waals surface area contributed by atoms with Crippen molar-refractivity contribution in [3.8, 4) is 0 Å². The fourth-order valence-electron chi connectivity index (χ4n) is 3.26. The van der Waals surface area contributed by atoms with Crippen molar-refractivity contribution in [1.29, 1.82) is 0 Å². The van der Waals surface area contributed by atoms with Gasteiger partial charge >= 0.3 is 0 Å². The van der Waals surface area contributed by atoms with Crippen LogP contribution >= 0.6 is 0 Å². The first-order chi connectivity index (χ1) is 15.7. The molecule has 2 N–H and O–H groups in total. The third kappa shape index (κ3) is 5.78. The molecule has 8 heteroatoms. The average Bonchev–Trinajstić information content (AvgIpc) is 2.84. The van der Waals surface area contributed by atoms with Crippen LogP contribution in [-0.4, -0.2) is 33.0 Å². The van der Waals surface area contributed by atoms with Crippen LogP contribution in [0.3, 0.4) is 0 Å². The van der Waals surface area contributed by atoms with Gasteiger partial charge in [-0.05, 0) is 55.8 Å². The van der Waals surface area contributed by atoms with Crippen molar-refractivity contribution in [1.82, 2.24) is 5.32 Å². The number of nitrogens with zero attached hydrogens (tertiary/aromatic N) is 1. The summed E-state index contributed by atoms with van der Waals surface area (Å²) < 4.78 is 25.3. The van der Waals surface area contributed by atoms with Gasteiger partial charge < -0.3 is 10.6 Å². The van der Waals surface area contributed by atoms with Gasteiger partial charge in [0.1, 0.15) is 0 Å². The minimum atomic E-state index is -3.39. The Kier molecular flexibility index (Phi) is 7.50. The number of carbonyl (C=O) groups excluding carboxylic acids is 2. The molecule has 0 aliphatic carbocycles. The van der Waals surface area contributed by atoms with Gasteiger partial charge in [-0.1, -0.05) is 42.5 Å². The zero-order valence-corrected chi connectivity index (χ0v) is 19.6. The number of anilines is 2. The number of rotatable bonds is 8.